The fourth-order valence-electron chi connectivity index (χ4n) is 4.14. The third-order valence-corrected chi connectivity index (χ3v) is 7.50. The maximum Gasteiger partial charge on any atom is 0.338 e. The van der Waals surface area contributed by atoms with E-state index in [0.717, 1.165) is 20.5 Å². The minimum absolute atomic E-state index is 0.230. The molecule has 1 aliphatic heterocycles. The van der Waals surface area contributed by atoms with Crippen LogP contribution in [-0.4, -0.2) is 17.6 Å². The van der Waals surface area contributed by atoms with E-state index < -0.39 is 12.0 Å². The van der Waals surface area contributed by atoms with Crippen molar-refractivity contribution in [2.24, 2.45) is 4.99 Å². The zero-order valence-corrected chi connectivity index (χ0v) is 22.0. The van der Waals surface area contributed by atoms with Crippen molar-refractivity contribution < 1.29 is 13.9 Å². The van der Waals surface area contributed by atoms with E-state index in [1.54, 1.807) is 10.6 Å². The van der Waals surface area contributed by atoms with E-state index >= 15 is 0 Å². The van der Waals surface area contributed by atoms with E-state index in [2.05, 4.69) is 27.6 Å². The number of hydrogen-bond acceptors (Lipinski definition) is 6. The highest BCUT2D eigenvalue weighted by Crippen LogP contribution is 2.31. The predicted molar refractivity (Wildman–Crippen MR) is 144 cm³/mol. The van der Waals surface area contributed by atoms with Crippen LogP contribution in [0.15, 0.2) is 92.2 Å². The number of carbonyl (C=O) groups excluding carboxylic acids is 1. The van der Waals surface area contributed by atoms with Crippen LogP contribution in [0.5, 0.6) is 0 Å². The van der Waals surface area contributed by atoms with Crippen molar-refractivity contribution in [2.45, 2.75) is 19.4 Å². The van der Waals surface area contributed by atoms with Gasteiger partial charge in [-0.15, -0.1) is 0 Å². The highest BCUT2D eigenvalue weighted by molar-refractivity contribution is 14.1. The van der Waals surface area contributed by atoms with Gasteiger partial charge in [-0.1, -0.05) is 60.7 Å². The first kappa shape index (κ1) is 23.5. The molecule has 8 heteroatoms. The van der Waals surface area contributed by atoms with Crippen LogP contribution in [0.2, 0.25) is 0 Å². The average Bonchev–Trinajstić information content (AvgIpc) is 3.48. The summed E-state index contributed by atoms with van der Waals surface area (Å²) >= 11 is 3.54. The van der Waals surface area contributed by atoms with Gasteiger partial charge in [0, 0.05) is 15.2 Å². The van der Waals surface area contributed by atoms with Crippen molar-refractivity contribution in [3.05, 3.63) is 113 Å². The third kappa shape index (κ3) is 4.43. The van der Waals surface area contributed by atoms with Crippen molar-refractivity contribution in [3.63, 3.8) is 0 Å². The predicted octanol–water partition coefficient (Wildman–Crippen LogP) is 4.66. The Morgan fingerprint density at radius 1 is 1.14 bits per heavy atom. The number of benzene rings is 2. The summed E-state index contributed by atoms with van der Waals surface area (Å²) in [4.78, 5) is 31.7. The first-order valence-electron chi connectivity index (χ1n) is 11.0. The smallest absolute Gasteiger partial charge is 0.338 e. The van der Waals surface area contributed by atoms with Gasteiger partial charge < -0.3 is 9.15 Å². The van der Waals surface area contributed by atoms with Crippen LogP contribution in [0.25, 0.3) is 17.4 Å². The Hall–Kier alpha value is -3.24. The summed E-state index contributed by atoms with van der Waals surface area (Å²) in [6.45, 7) is 1.94. The van der Waals surface area contributed by atoms with Gasteiger partial charge in [-0.05, 0) is 58.8 Å². The number of rotatable bonds is 5. The van der Waals surface area contributed by atoms with E-state index in [-0.39, 0.29) is 5.56 Å². The van der Waals surface area contributed by atoms with Crippen molar-refractivity contribution >= 4 is 46.0 Å². The van der Waals surface area contributed by atoms with Gasteiger partial charge in [0.1, 0.15) is 11.5 Å². The van der Waals surface area contributed by atoms with Crippen LogP contribution in [0.3, 0.4) is 0 Å². The molecule has 2 aromatic carbocycles. The highest BCUT2D eigenvalue weighted by atomic mass is 127. The topological polar surface area (TPSA) is 73.8 Å². The molecule has 0 saturated heterocycles. The molecule has 0 unspecified atom stereocenters. The Morgan fingerprint density at radius 2 is 1.89 bits per heavy atom. The average molecular weight is 596 g/mol. The van der Waals surface area contributed by atoms with Crippen molar-refractivity contribution in [3.8, 4) is 11.3 Å². The normalized spacial score (nSPS) is 15.6. The number of hydrogen-bond donors (Lipinski definition) is 0. The molecule has 1 atom stereocenters. The van der Waals surface area contributed by atoms with Gasteiger partial charge in [0.05, 0.1) is 29.0 Å². The summed E-state index contributed by atoms with van der Waals surface area (Å²) in [5.41, 5.74) is 2.56. The number of ether oxygens (including phenoxy) is 1. The number of thiazole rings is 1. The van der Waals surface area contributed by atoms with Gasteiger partial charge >= 0.3 is 5.97 Å². The lowest BCUT2D eigenvalue weighted by Gasteiger charge is -2.25. The molecular weight excluding hydrogens is 575 g/mol. The van der Waals surface area contributed by atoms with Gasteiger partial charge in [0.15, 0.2) is 4.80 Å². The second-order valence-electron chi connectivity index (χ2n) is 7.91. The Balaban J connectivity index is 1.65. The maximum absolute atomic E-state index is 13.6. The molecule has 2 aromatic heterocycles. The summed E-state index contributed by atoms with van der Waals surface area (Å²) < 4.78 is 14.3. The fourth-order valence-corrected chi connectivity index (χ4v) is 5.50. The molecule has 3 heterocycles. The molecule has 5 rings (SSSR count). The number of esters is 1. The Bertz CT molecular complexity index is 1610. The molecule has 0 spiro atoms. The van der Waals surface area contributed by atoms with Crippen molar-refractivity contribution in [2.75, 3.05) is 7.11 Å². The molecule has 0 radical (unpaired) electrons. The Morgan fingerprint density at radius 3 is 2.57 bits per heavy atom. The van der Waals surface area contributed by atoms with Crippen LogP contribution in [0, 0.1) is 3.57 Å². The van der Waals surface area contributed by atoms with Crippen molar-refractivity contribution in [1.29, 1.82) is 0 Å². The number of halogens is 1. The number of nitrogens with zero attached hydrogens (tertiary/aromatic N) is 2. The molecule has 0 aliphatic carbocycles. The lowest BCUT2D eigenvalue weighted by molar-refractivity contribution is -0.136. The largest absolute Gasteiger partial charge is 0.466 e. The molecule has 0 bridgehead atoms. The lowest BCUT2D eigenvalue weighted by Crippen LogP contribution is -2.40. The van der Waals surface area contributed by atoms with Gasteiger partial charge in [-0.3, -0.25) is 9.36 Å². The van der Waals surface area contributed by atoms with Crippen LogP contribution in [-0.2, 0) is 9.53 Å². The molecular formula is C27H21IN2O4S. The monoisotopic (exact) mass is 596 g/mol. The molecule has 35 heavy (non-hydrogen) atoms. The van der Waals surface area contributed by atoms with E-state index in [0.29, 0.717) is 32.8 Å². The lowest BCUT2D eigenvalue weighted by atomic mass is 9.95. The molecule has 0 N–H and O–H groups in total. The third-order valence-electron chi connectivity index (χ3n) is 5.79. The summed E-state index contributed by atoms with van der Waals surface area (Å²) in [5, 5.41) is 0. The zero-order chi connectivity index (χ0) is 24.5. The van der Waals surface area contributed by atoms with Crippen LogP contribution in [0.1, 0.15) is 30.7 Å². The Kier molecular flexibility index (Phi) is 6.57. The number of aromatic nitrogens is 1. The van der Waals surface area contributed by atoms with E-state index in [1.165, 1.54) is 18.4 Å². The SMILES string of the molecule is CCC1=C(C(=O)OC)[C@H](c2ccccc2)n2c(s/c(=C\c3ccc(-c4ccc(I)cc4)o3)c2=O)=N1. The fraction of sp³-hybridized carbons (Fsp3) is 0.148. The summed E-state index contributed by atoms with van der Waals surface area (Å²) in [6, 6.07) is 20.6. The van der Waals surface area contributed by atoms with Gasteiger partial charge in [0.25, 0.3) is 5.56 Å². The Labute approximate surface area is 219 Å². The molecule has 176 valence electrons. The van der Waals surface area contributed by atoms with Crippen LogP contribution >= 0.6 is 33.9 Å². The second-order valence-corrected chi connectivity index (χ2v) is 10.2. The summed E-state index contributed by atoms with van der Waals surface area (Å²) in [7, 11) is 1.35. The number of methoxy groups -OCH3 is 1. The van der Waals surface area contributed by atoms with Gasteiger partial charge in [-0.25, -0.2) is 9.79 Å². The number of allylic oxidation sites excluding steroid dienone is 1. The first-order valence-corrected chi connectivity index (χ1v) is 12.9. The molecule has 0 amide bonds. The molecule has 1 aliphatic rings. The van der Waals surface area contributed by atoms with Crippen molar-refractivity contribution in [1.82, 2.24) is 4.57 Å². The van der Waals surface area contributed by atoms with Crippen LogP contribution in [0.4, 0.5) is 0 Å². The molecule has 0 saturated carbocycles. The second kappa shape index (κ2) is 9.79. The van der Waals surface area contributed by atoms with E-state index in [1.807, 2.05) is 73.7 Å². The minimum atomic E-state index is -0.615. The van der Waals surface area contributed by atoms with Gasteiger partial charge in [-0.2, -0.15) is 0 Å². The minimum Gasteiger partial charge on any atom is -0.466 e. The number of furan rings is 1. The van der Waals surface area contributed by atoms with Crippen LogP contribution < -0.4 is 14.9 Å². The zero-order valence-electron chi connectivity index (χ0n) is 19.0. The highest BCUT2D eigenvalue weighted by Gasteiger charge is 2.33. The van der Waals surface area contributed by atoms with E-state index in [4.69, 9.17) is 9.15 Å². The summed E-state index contributed by atoms with van der Waals surface area (Å²) in [6.07, 6.45) is 2.27. The first-order chi connectivity index (χ1) is 17.0. The molecule has 6 nitrogen and oxygen atoms in total. The molecule has 0 fully saturated rings. The number of carbonyl (C=O) groups is 1. The van der Waals surface area contributed by atoms with Gasteiger partial charge in [0.2, 0.25) is 0 Å². The quantitative estimate of drug-likeness (QED) is 0.248. The maximum atomic E-state index is 13.6. The summed E-state index contributed by atoms with van der Waals surface area (Å²) in [5.74, 6) is 0.814. The standard InChI is InChI=1S/C27H21IN2O4S/c1-3-20-23(26(32)33-2)24(17-7-5-4-6-8-17)30-25(31)22(35-27(30)29-20)15-19-13-14-21(34-19)16-9-11-18(28)12-10-16/h4-15,24H,3H2,1-2H3/b22-15-/t24-/m0/s1. The number of fused-ring (bicyclic) bond motifs is 1. The van der Waals surface area contributed by atoms with E-state index in [9.17, 15) is 9.59 Å². The molecule has 4 aromatic rings.